The molecule has 48 heavy (non-hydrogen) atoms. The van der Waals surface area contributed by atoms with Crippen molar-refractivity contribution in [2.24, 2.45) is 4.99 Å². The number of aromatic hydroxyl groups is 1. The number of carboxylic acids is 2. The molecule has 0 unspecified atom stereocenters. The quantitative estimate of drug-likeness (QED) is 0.0769. The Morgan fingerprint density at radius 3 is 1.46 bits per heavy atom. The molecule has 4 rings (SSSR count). The van der Waals surface area contributed by atoms with Crippen molar-refractivity contribution in [1.29, 1.82) is 0 Å². The molecule has 0 bridgehead atoms. The number of carbonyl (C=O) groups is 3. The summed E-state index contributed by atoms with van der Waals surface area (Å²) < 4.78 is 0. The molecule has 3 aromatic heterocycles. The van der Waals surface area contributed by atoms with Gasteiger partial charge in [0.05, 0.1) is 32.3 Å². The molecule has 10 heteroatoms. The van der Waals surface area contributed by atoms with E-state index in [1.165, 1.54) is 113 Å². The van der Waals surface area contributed by atoms with Crippen molar-refractivity contribution in [2.45, 2.75) is 142 Å². The lowest BCUT2D eigenvalue weighted by atomic mass is 10.1. The number of rotatable bonds is 22. The van der Waals surface area contributed by atoms with Gasteiger partial charge in [0, 0.05) is 12.8 Å². The van der Waals surface area contributed by atoms with Crippen LogP contribution >= 0.6 is 22.7 Å². The number of fused-ring (bicyclic) bond motifs is 1. The predicted octanol–water partition coefficient (Wildman–Crippen LogP) is 11.5. The zero-order valence-corrected chi connectivity index (χ0v) is 30.6. The number of hydrogen-bond donors (Lipinski definition) is 4. The van der Waals surface area contributed by atoms with E-state index in [-0.39, 0.29) is 11.8 Å². The molecule has 1 amide bonds. The minimum Gasteiger partial charge on any atom is -0.494 e. The Morgan fingerprint density at radius 1 is 0.646 bits per heavy atom. The minimum absolute atomic E-state index is 0.00130. The number of nitrogens with zero attached hydrogens (tertiary/aromatic N) is 1. The number of aliphatic carboxylic acids is 2. The van der Waals surface area contributed by atoms with Crippen LogP contribution in [0.3, 0.4) is 0 Å². The Kier molecular flexibility index (Phi) is 21.2. The molecule has 266 valence electrons. The fraction of sp³-hybridized carbons (Fsp3) is 0.579. The number of unbranched alkanes of at least 4 members (excludes halogenated alkanes) is 16. The third-order valence-electron chi connectivity index (χ3n) is 8.15. The van der Waals surface area contributed by atoms with E-state index >= 15 is 0 Å². The topological polar surface area (TPSA) is 140 Å². The van der Waals surface area contributed by atoms with Gasteiger partial charge in [0.15, 0.2) is 5.88 Å². The molecular weight excluding hydrogens is 645 g/mol. The summed E-state index contributed by atoms with van der Waals surface area (Å²) in [5, 5.41) is 30.8. The molecule has 3 aromatic rings. The molecule has 0 saturated carbocycles. The molecule has 4 heterocycles. The lowest BCUT2D eigenvalue weighted by molar-refractivity contribution is -0.138. The van der Waals surface area contributed by atoms with Crippen molar-refractivity contribution >= 4 is 46.2 Å². The van der Waals surface area contributed by atoms with E-state index in [1.807, 2.05) is 35.0 Å². The van der Waals surface area contributed by atoms with Crippen LogP contribution in [0.2, 0.25) is 0 Å². The standard InChI is InChI=1S/C14H8N2O2S2.2C12H24O2/c17-13-9-10(12(16-13)8-4-2-6-20-8)14(18)15-11(9)7-3-1-5-19-7;2*1-2-3-4-5-6-7-8-9-10-11-12(13)14/h1-6,15,18H;2*2-11H2,1H3,(H,13,14). The number of nitrogens with one attached hydrogen (secondary N) is 1. The number of H-pyrrole nitrogens is 1. The van der Waals surface area contributed by atoms with Crippen molar-refractivity contribution in [3.05, 3.63) is 51.0 Å². The minimum atomic E-state index is -0.659. The van der Waals surface area contributed by atoms with Gasteiger partial charge in [-0.3, -0.25) is 14.4 Å². The highest BCUT2D eigenvalue weighted by molar-refractivity contribution is 7.13. The highest BCUT2D eigenvalue weighted by Gasteiger charge is 2.34. The Labute approximate surface area is 294 Å². The van der Waals surface area contributed by atoms with Crippen LogP contribution < -0.4 is 0 Å². The van der Waals surface area contributed by atoms with Gasteiger partial charge in [-0.2, -0.15) is 0 Å². The van der Waals surface area contributed by atoms with Gasteiger partial charge in [-0.25, -0.2) is 4.99 Å². The third kappa shape index (κ3) is 15.8. The number of aliphatic imine (C=N–C) groups is 1. The lowest BCUT2D eigenvalue weighted by Gasteiger charge is -2.00. The SMILES string of the molecule is CCCCCCCCCCCC(=O)O.CCCCCCCCCCCC(=O)O.O=C1N=C(c2cccs2)c2c(O)[nH]c(-c3cccs3)c21. The molecule has 0 atom stereocenters. The molecule has 1 aliphatic heterocycles. The van der Waals surface area contributed by atoms with Crippen LogP contribution in [0.15, 0.2) is 40.0 Å². The molecule has 1 aliphatic rings. The van der Waals surface area contributed by atoms with Crippen LogP contribution in [0, 0.1) is 0 Å². The van der Waals surface area contributed by atoms with E-state index in [4.69, 9.17) is 10.2 Å². The zero-order valence-electron chi connectivity index (χ0n) is 28.9. The normalized spacial score (nSPS) is 11.7. The average Bonchev–Trinajstić information content (AvgIpc) is 3.88. The van der Waals surface area contributed by atoms with Crippen LogP contribution in [-0.4, -0.2) is 43.9 Å². The zero-order chi connectivity index (χ0) is 35.0. The van der Waals surface area contributed by atoms with E-state index in [2.05, 4.69) is 23.8 Å². The number of amides is 1. The molecule has 0 radical (unpaired) electrons. The summed E-state index contributed by atoms with van der Waals surface area (Å²) in [7, 11) is 0. The van der Waals surface area contributed by atoms with Gasteiger partial charge in [0.2, 0.25) is 0 Å². The fourth-order valence-electron chi connectivity index (χ4n) is 5.52. The van der Waals surface area contributed by atoms with Gasteiger partial charge in [-0.15, -0.1) is 22.7 Å². The number of carboxylic acid groups (broad SMARTS) is 2. The van der Waals surface area contributed by atoms with Crippen LogP contribution in [0.5, 0.6) is 5.88 Å². The van der Waals surface area contributed by atoms with Gasteiger partial charge in [0.1, 0.15) is 0 Å². The molecule has 0 spiro atoms. The highest BCUT2D eigenvalue weighted by Crippen LogP contribution is 2.39. The lowest BCUT2D eigenvalue weighted by Crippen LogP contribution is -1.96. The molecular formula is C38H56N2O6S2. The van der Waals surface area contributed by atoms with Crippen LogP contribution in [0.25, 0.3) is 10.6 Å². The van der Waals surface area contributed by atoms with E-state index in [1.54, 1.807) is 0 Å². The number of carbonyl (C=O) groups excluding carboxylic acids is 1. The molecule has 0 aliphatic carbocycles. The summed E-state index contributed by atoms with van der Waals surface area (Å²) >= 11 is 3.01. The monoisotopic (exact) mass is 700 g/mol. The number of thiophene rings is 2. The summed E-state index contributed by atoms with van der Waals surface area (Å²) in [5.74, 6) is -1.62. The molecule has 4 N–H and O–H groups in total. The van der Waals surface area contributed by atoms with Crippen LogP contribution in [-0.2, 0) is 9.59 Å². The van der Waals surface area contributed by atoms with Crippen molar-refractivity contribution in [3.8, 4) is 16.5 Å². The van der Waals surface area contributed by atoms with Crippen LogP contribution in [0.4, 0.5) is 0 Å². The fourth-order valence-corrected chi connectivity index (χ4v) is 6.97. The summed E-state index contributed by atoms with van der Waals surface area (Å²) in [6.45, 7) is 4.46. The summed E-state index contributed by atoms with van der Waals surface area (Å²) in [6, 6.07) is 7.61. The Morgan fingerprint density at radius 2 is 1.06 bits per heavy atom. The van der Waals surface area contributed by atoms with Crippen molar-refractivity contribution in [1.82, 2.24) is 4.98 Å². The van der Waals surface area contributed by atoms with Crippen molar-refractivity contribution in [2.75, 3.05) is 0 Å². The molecule has 0 saturated heterocycles. The van der Waals surface area contributed by atoms with E-state index in [0.29, 0.717) is 35.4 Å². The van der Waals surface area contributed by atoms with E-state index in [0.717, 1.165) is 35.4 Å². The second kappa shape index (κ2) is 24.8. The number of aromatic amines is 1. The van der Waals surface area contributed by atoms with Gasteiger partial charge in [-0.1, -0.05) is 129 Å². The Balaban J connectivity index is 0.000000259. The number of hydrogen-bond acceptors (Lipinski definition) is 6. The van der Waals surface area contributed by atoms with Gasteiger partial charge in [-0.05, 0) is 35.7 Å². The Bertz CT molecular complexity index is 1310. The molecule has 8 nitrogen and oxygen atoms in total. The van der Waals surface area contributed by atoms with Crippen LogP contribution in [0.1, 0.15) is 163 Å². The largest absolute Gasteiger partial charge is 0.494 e. The summed E-state index contributed by atoms with van der Waals surface area (Å²) in [4.78, 5) is 41.4. The van der Waals surface area contributed by atoms with Gasteiger partial charge in [0.25, 0.3) is 5.91 Å². The first-order valence-electron chi connectivity index (χ1n) is 17.9. The molecule has 0 aromatic carbocycles. The van der Waals surface area contributed by atoms with Gasteiger partial charge >= 0.3 is 11.9 Å². The molecule has 0 fully saturated rings. The third-order valence-corrected chi connectivity index (χ3v) is 9.92. The van der Waals surface area contributed by atoms with E-state index < -0.39 is 11.9 Å². The highest BCUT2D eigenvalue weighted by atomic mass is 32.1. The smallest absolute Gasteiger partial charge is 0.303 e. The Hall–Kier alpha value is -3.24. The first-order chi connectivity index (χ1) is 23.3. The second-order valence-corrected chi connectivity index (χ2v) is 14.2. The van der Waals surface area contributed by atoms with Crippen molar-refractivity contribution in [3.63, 3.8) is 0 Å². The maximum atomic E-state index is 12.2. The van der Waals surface area contributed by atoms with Crippen molar-refractivity contribution < 1.29 is 29.7 Å². The average molecular weight is 701 g/mol. The maximum absolute atomic E-state index is 12.2. The predicted molar refractivity (Wildman–Crippen MR) is 199 cm³/mol. The van der Waals surface area contributed by atoms with Gasteiger partial charge < -0.3 is 20.3 Å². The summed E-state index contributed by atoms with van der Waals surface area (Å²) in [5.41, 5.74) is 2.18. The first-order valence-corrected chi connectivity index (χ1v) is 19.7. The maximum Gasteiger partial charge on any atom is 0.303 e. The second-order valence-electron chi connectivity index (χ2n) is 12.3. The number of aromatic nitrogens is 1. The first kappa shape index (κ1) is 40.9. The van der Waals surface area contributed by atoms with E-state index in [9.17, 15) is 19.5 Å². The summed E-state index contributed by atoms with van der Waals surface area (Å²) in [6.07, 6.45) is 23.0.